The van der Waals surface area contributed by atoms with Gasteiger partial charge in [0.2, 0.25) is 0 Å². The molecule has 1 unspecified atom stereocenters. The first-order valence-electron chi connectivity index (χ1n) is 7.32. The molecule has 0 amide bonds. The largest absolute Gasteiger partial charge is 0.488 e. The summed E-state index contributed by atoms with van der Waals surface area (Å²) in [6.45, 7) is 3.08. The smallest absolute Gasteiger partial charge is 0.133 e. The topological polar surface area (TPSA) is 21.3 Å². The van der Waals surface area contributed by atoms with Crippen molar-refractivity contribution in [3.05, 3.63) is 24.3 Å². The van der Waals surface area contributed by atoms with E-state index in [4.69, 9.17) is 4.74 Å². The van der Waals surface area contributed by atoms with Crippen molar-refractivity contribution < 1.29 is 4.74 Å². The molecule has 1 aromatic carbocycles. The van der Waals surface area contributed by atoms with Crippen molar-refractivity contribution in [3.63, 3.8) is 0 Å². The van der Waals surface area contributed by atoms with E-state index in [1.54, 1.807) is 11.8 Å². The van der Waals surface area contributed by atoms with Crippen LogP contribution in [0.1, 0.15) is 39.0 Å². The number of rotatable bonds is 6. The fourth-order valence-electron chi connectivity index (χ4n) is 2.61. The van der Waals surface area contributed by atoms with Gasteiger partial charge in [0.05, 0.1) is 0 Å². The highest BCUT2D eigenvalue weighted by Gasteiger charge is 2.14. The molecule has 1 fully saturated rings. The maximum atomic E-state index is 6.04. The van der Waals surface area contributed by atoms with Gasteiger partial charge in [0.15, 0.2) is 0 Å². The van der Waals surface area contributed by atoms with Crippen molar-refractivity contribution in [1.82, 2.24) is 5.32 Å². The molecule has 1 N–H and O–H groups in total. The Bertz CT molecular complexity index is 377. The predicted molar refractivity (Wildman–Crippen MR) is 83.2 cm³/mol. The summed E-state index contributed by atoms with van der Waals surface area (Å²) in [5.41, 5.74) is 0. The van der Waals surface area contributed by atoms with Crippen LogP contribution in [0.2, 0.25) is 0 Å². The highest BCUT2D eigenvalue weighted by molar-refractivity contribution is 7.98. The molecule has 0 heterocycles. The average molecular weight is 279 g/mol. The Morgan fingerprint density at radius 3 is 2.74 bits per heavy atom. The van der Waals surface area contributed by atoms with Gasteiger partial charge in [-0.25, -0.2) is 0 Å². The minimum atomic E-state index is 0.218. The zero-order valence-electron chi connectivity index (χ0n) is 12.0. The van der Waals surface area contributed by atoms with Crippen LogP contribution in [0.15, 0.2) is 29.2 Å². The number of hydrogen-bond donors (Lipinski definition) is 1. The van der Waals surface area contributed by atoms with Gasteiger partial charge >= 0.3 is 0 Å². The zero-order valence-corrected chi connectivity index (χ0v) is 12.8. The van der Waals surface area contributed by atoms with Crippen LogP contribution < -0.4 is 10.1 Å². The highest BCUT2D eigenvalue weighted by Crippen LogP contribution is 2.27. The van der Waals surface area contributed by atoms with E-state index in [0.717, 1.165) is 12.3 Å². The summed E-state index contributed by atoms with van der Waals surface area (Å²) in [6.07, 6.45) is 9.13. The van der Waals surface area contributed by atoms with Crippen molar-refractivity contribution in [2.45, 2.75) is 56.1 Å². The van der Waals surface area contributed by atoms with Crippen molar-refractivity contribution in [1.29, 1.82) is 0 Å². The normalized spacial score (nSPS) is 18.2. The third kappa shape index (κ3) is 4.73. The maximum Gasteiger partial charge on any atom is 0.133 e. The maximum absolute atomic E-state index is 6.04. The van der Waals surface area contributed by atoms with Crippen molar-refractivity contribution in [2.75, 3.05) is 12.8 Å². The molecule has 0 radical (unpaired) electrons. The molecular weight excluding hydrogens is 254 g/mol. The lowest BCUT2D eigenvalue weighted by atomic mass is 9.95. The van der Waals surface area contributed by atoms with Crippen LogP contribution in [0.5, 0.6) is 5.75 Å². The lowest BCUT2D eigenvalue weighted by molar-refractivity contribution is 0.201. The lowest BCUT2D eigenvalue weighted by Gasteiger charge is -2.25. The van der Waals surface area contributed by atoms with Gasteiger partial charge in [-0.1, -0.05) is 31.4 Å². The fraction of sp³-hybridized carbons (Fsp3) is 0.625. The van der Waals surface area contributed by atoms with Crippen molar-refractivity contribution in [3.8, 4) is 5.75 Å². The zero-order chi connectivity index (χ0) is 13.5. The number of nitrogens with one attached hydrogen (secondary N) is 1. The van der Waals surface area contributed by atoms with Gasteiger partial charge in [0.1, 0.15) is 11.9 Å². The van der Waals surface area contributed by atoms with E-state index in [1.807, 2.05) is 6.07 Å². The second-order valence-corrected chi connectivity index (χ2v) is 6.17. The first-order valence-corrected chi connectivity index (χ1v) is 8.55. The van der Waals surface area contributed by atoms with Gasteiger partial charge in [0, 0.05) is 17.5 Å². The summed E-state index contributed by atoms with van der Waals surface area (Å²) < 4.78 is 6.04. The molecule has 0 spiro atoms. The molecule has 1 aliphatic rings. The molecule has 1 atom stereocenters. The van der Waals surface area contributed by atoms with Crippen molar-refractivity contribution >= 4 is 11.8 Å². The second-order valence-electron chi connectivity index (χ2n) is 5.32. The van der Waals surface area contributed by atoms with Crippen LogP contribution in [0, 0.1) is 0 Å². The summed E-state index contributed by atoms with van der Waals surface area (Å²) >= 11 is 1.74. The molecule has 0 aromatic heterocycles. The fourth-order valence-corrected chi connectivity index (χ4v) is 3.15. The Morgan fingerprint density at radius 1 is 1.26 bits per heavy atom. The molecule has 1 aromatic rings. The number of thioether (sulfide) groups is 1. The molecule has 0 aliphatic heterocycles. The SMILES string of the molecule is CSc1ccccc1OC(C)CNC1CCCCC1. The molecular formula is C16H25NOS. The Labute approximate surface area is 121 Å². The van der Waals surface area contributed by atoms with Crippen LogP contribution in [0.3, 0.4) is 0 Å². The van der Waals surface area contributed by atoms with E-state index < -0.39 is 0 Å². The molecule has 2 nitrogen and oxygen atoms in total. The molecule has 106 valence electrons. The summed E-state index contributed by atoms with van der Waals surface area (Å²) in [5.74, 6) is 1.01. The molecule has 1 saturated carbocycles. The Balaban J connectivity index is 1.78. The van der Waals surface area contributed by atoms with E-state index in [1.165, 1.54) is 37.0 Å². The third-order valence-electron chi connectivity index (χ3n) is 3.70. The first kappa shape index (κ1) is 14.7. The van der Waals surface area contributed by atoms with Gasteiger partial charge in [-0.2, -0.15) is 0 Å². The van der Waals surface area contributed by atoms with Gasteiger partial charge < -0.3 is 10.1 Å². The summed E-state index contributed by atoms with van der Waals surface area (Å²) in [7, 11) is 0. The lowest BCUT2D eigenvalue weighted by Crippen LogP contribution is -2.37. The summed E-state index contributed by atoms with van der Waals surface area (Å²) in [6, 6.07) is 8.97. The second kappa shape index (κ2) is 7.81. The Kier molecular flexibility index (Phi) is 6.05. The van der Waals surface area contributed by atoms with Crippen LogP contribution in [0.25, 0.3) is 0 Å². The molecule has 0 saturated heterocycles. The quantitative estimate of drug-likeness (QED) is 0.792. The summed E-state index contributed by atoms with van der Waals surface area (Å²) in [4.78, 5) is 1.21. The molecule has 3 heteroatoms. The molecule has 1 aliphatic carbocycles. The first-order chi connectivity index (χ1) is 9.29. The number of ether oxygens (including phenoxy) is 1. The van der Waals surface area contributed by atoms with Crippen LogP contribution in [-0.4, -0.2) is 24.9 Å². The number of hydrogen-bond acceptors (Lipinski definition) is 3. The third-order valence-corrected chi connectivity index (χ3v) is 4.47. The standard InChI is InChI=1S/C16H25NOS/c1-13(12-17-14-8-4-3-5-9-14)18-15-10-6-7-11-16(15)19-2/h6-7,10-11,13-14,17H,3-5,8-9,12H2,1-2H3. The van der Waals surface area contributed by atoms with Crippen molar-refractivity contribution in [2.24, 2.45) is 0 Å². The monoisotopic (exact) mass is 279 g/mol. The van der Waals surface area contributed by atoms with E-state index in [-0.39, 0.29) is 6.10 Å². The molecule has 19 heavy (non-hydrogen) atoms. The predicted octanol–water partition coefficient (Wildman–Crippen LogP) is 4.10. The minimum Gasteiger partial charge on any atom is -0.488 e. The van der Waals surface area contributed by atoms with Crippen LogP contribution in [0.4, 0.5) is 0 Å². The Hall–Kier alpha value is -0.670. The average Bonchev–Trinajstić information content (AvgIpc) is 2.47. The van der Waals surface area contributed by atoms with E-state index in [0.29, 0.717) is 6.04 Å². The number of benzene rings is 1. The van der Waals surface area contributed by atoms with Crippen LogP contribution >= 0.6 is 11.8 Å². The van der Waals surface area contributed by atoms with Crippen LogP contribution in [-0.2, 0) is 0 Å². The molecule has 0 bridgehead atoms. The van der Waals surface area contributed by atoms with Gasteiger partial charge in [-0.05, 0) is 38.2 Å². The van der Waals surface area contributed by atoms with Gasteiger partial charge in [-0.15, -0.1) is 11.8 Å². The number of para-hydroxylation sites is 1. The van der Waals surface area contributed by atoms with Gasteiger partial charge in [0.25, 0.3) is 0 Å². The van der Waals surface area contributed by atoms with E-state index >= 15 is 0 Å². The molecule has 2 rings (SSSR count). The minimum absolute atomic E-state index is 0.218. The van der Waals surface area contributed by atoms with E-state index in [9.17, 15) is 0 Å². The van der Waals surface area contributed by atoms with Gasteiger partial charge in [-0.3, -0.25) is 0 Å². The summed E-state index contributed by atoms with van der Waals surface area (Å²) in [5, 5.41) is 3.65. The highest BCUT2D eigenvalue weighted by atomic mass is 32.2. The Morgan fingerprint density at radius 2 is 2.00 bits per heavy atom. The van der Waals surface area contributed by atoms with E-state index in [2.05, 4.69) is 36.7 Å².